The molecule has 0 bridgehead atoms. The van der Waals surface area contributed by atoms with E-state index in [4.69, 9.17) is 0 Å². The van der Waals surface area contributed by atoms with E-state index in [1.807, 2.05) is 0 Å². The van der Waals surface area contributed by atoms with E-state index in [0.717, 1.165) is 0 Å². The topological polar surface area (TPSA) is 8.17 Å². The maximum absolute atomic E-state index is 2.56. The Hall–Kier alpha value is -6.38. The molecule has 2 unspecified atom stereocenters. The minimum atomic E-state index is 0.158. The summed E-state index contributed by atoms with van der Waals surface area (Å²) < 4.78 is 2.50. The van der Waals surface area contributed by atoms with Gasteiger partial charge in [0, 0.05) is 28.2 Å². The molecule has 1 aliphatic carbocycles. The lowest BCUT2D eigenvalue weighted by molar-refractivity contribution is 0.725. The lowest BCUT2D eigenvalue weighted by Gasteiger charge is -2.31. The number of benzene rings is 7. The van der Waals surface area contributed by atoms with Crippen LogP contribution in [0.1, 0.15) is 22.7 Å². The van der Waals surface area contributed by atoms with Crippen LogP contribution in [0.4, 0.5) is 11.4 Å². The molecule has 2 atom stereocenters. The van der Waals surface area contributed by atoms with Gasteiger partial charge in [0.2, 0.25) is 0 Å². The number of hydrogen-bond donors (Lipinski definition) is 0. The molecular weight excluding hydrogens is 605 g/mol. The third-order valence-corrected chi connectivity index (χ3v) is 10.6. The van der Waals surface area contributed by atoms with Crippen molar-refractivity contribution in [1.29, 1.82) is 0 Å². The number of hydrogen-bond acceptors (Lipinski definition) is 1. The Kier molecular flexibility index (Phi) is 6.67. The largest absolute Gasteiger partial charge is 0.333 e. The van der Waals surface area contributed by atoms with Crippen molar-refractivity contribution in [3.63, 3.8) is 0 Å². The van der Waals surface area contributed by atoms with E-state index in [1.165, 1.54) is 78.2 Å². The molecule has 2 aliphatic rings. The van der Waals surface area contributed by atoms with Crippen molar-refractivity contribution in [3.8, 4) is 39.1 Å². The number of para-hydroxylation sites is 3. The van der Waals surface area contributed by atoms with E-state index >= 15 is 0 Å². The monoisotopic (exact) mass is 638 g/mol. The van der Waals surface area contributed by atoms with Crippen molar-refractivity contribution in [3.05, 3.63) is 205 Å². The average Bonchev–Trinajstić information content (AvgIpc) is 3.71. The molecule has 0 amide bonds. The van der Waals surface area contributed by atoms with Crippen molar-refractivity contribution in [2.45, 2.75) is 12.0 Å². The van der Waals surface area contributed by atoms with E-state index in [-0.39, 0.29) is 12.0 Å². The van der Waals surface area contributed by atoms with E-state index in [0.29, 0.717) is 0 Å². The van der Waals surface area contributed by atoms with Crippen LogP contribution < -0.4 is 4.90 Å². The molecule has 0 fully saturated rings. The molecule has 1 aliphatic heterocycles. The van der Waals surface area contributed by atoms with Crippen molar-refractivity contribution in [2.75, 3.05) is 4.90 Å². The van der Waals surface area contributed by atoms with Gasteiger partial charge in [-0.3, -0.25) is 0 Å². The molecule has 8 aromatic rings. The summed E-state index contributed by atoms with van der Waals surface area (Å²) in [6.07, 6.45) is 4.82. The Morgan fingerprint density at radius 2 is 1.04 bits per heavy atom. The second kappa shape index (κ2) is 11.6. The molecule has 0 saturated heterocycles. The van der Waals surface area contributed by atoms with Crippen molar-refractivity contribution >= 4 is 28.4 Å². The SMILES string of the molecule is C1=CC2C(c3ccccc3N2c2cccc(-c3ccccc3)c2)c2c1n(-c1ccccc1-c1ccc(-c3ccccc3)cc1)c1ccccc21. The molecule has 0 spiro atoms. The standard InChI is InChI=1S/C48H34N2/c1-3-14-33(15-4-1)35-26-28-36(29-27-35)39-20-7-10-23-42(39)50-44-25-12-9-22-41(44)48-46(50)31-30-45-47(48)40-21-8-11-24-43(40)49(45)38-19-13-18-37(32-38)34-16-5-2-6-17-34/h1-32,45,47H. The van der Waals surface area contributed by atoms with E-state index < -0.39 is 0 Å². The Bertz CT molecular complexity index is 2540. The summed E-state index contributed by atoms with van der Waals surface area (Å²) >= 11 is 0. The summed E-state index contributed by atoms with van der Waals surface area (Å²) in [6.45, 7) is 0. The zero-order chi connectivity index (χ0) is 33.0. The van der Waals surface area contributed by atoms with Gasteiger partial charge in [-0.05, 0) is 75.4 Å². The van der Waals surface area contributed by atoms with Crippen molar-refractivity contribution in [2.24, 2.45) is 0 Å². The minimum Gasteiger partial charge on any atom is -0.333 e. The van der Waals surface area contributed by atoms with Gasteiger partial charge in [0.15, 0.2) is 0 Å². The molecule has 2 heterocycles. The predicted octanol–water partition coefficient (Wildman–Crippen LogP) is 12.3. The van der Waals surface area contributed by atoms with E-state index in [2.05, 4.69) is 204 Å². The Morgan fingerprint density at radius 1 is 0.440 bits per heavy atom. The second-order valence-corrected chi connectivity index (χ2v) is 13.3. The van der Waals surface area contributed by atoms with Crippen LogP contribution in [-0.2, 0) is 0 Å². The first-order valence-electron chi connectivity index (χ1n) is 17.4. The zero-order valence-corrected chi connectivity index (χ0v) is 27.5. The van der Waals surface area contributed by atoms with Gasteiger partial charge in [0.1, 0.15) is 0 Å². The fraction of sp³-hybridized carbons (Fsp3) is 0.0417. The number of fused-ring (bicyclic) bond motifs is 7. The van der Waals surface area contributed by atoms with Crippen LogP contribution in [0.25, 0.3) is 56.0 Å². The van der Waals surface area contributed by atoms with Crippen molar-refractivity contribution in [1.82, 2.24) is 4.57 Å². The van der Waals surface area contributed by atoms with E-state index in [1.54, 1.807) is 0 Å². The molecule has 2 nitrogen and oxygen atoms in total. The van der Waals surface area contributed by atoms with Gasteiger partial charge in [0.25, 0.3) is 0 Å². The van der Waals surface area contributed by atoms with Crippen LogP contribution in [0.2, 0.25) is 0 Å². The molecule has 2 heteroatoms. The van der Waals surface area contributed by atoms with Crippen molar-refractivity contribution < 1.29 is 0 Å². The molecule has 1 aromatic heterocycles. The molecule has 0 saturated carbocycles. The minimum absolute atomic E-state index is 0.158. The third-order valence-electron chi connectivity index (χ3n) is 10.6. The molecule has 0 N–H and O–H groups in total. The zero-order valence-electron chi connectivity index (χ0n) is 27.5. The number of nitrogens with zero attached hydrogens (tertiary/aromatic N) is 2. The highest BCUT2D eigenvalue weighted by Gasteiger charge is 2.43. The van der Waals surface area contributed by atoms with Gasteiger partial charge >= 0.3 is 0 Å². The van der Waals surface area contributed by atoms with Gasteiger partial charge in [-0.25, -0.2) is 0 Å². The fourth-order valence-electron chi connectivity index (χ4n) is 8.37. The summed E-state index contributed by atoms with van der Waals surface area (Å²) in [6, 6.07) is 66.3. The third kappa shape index (κ3) is 4.49. The first kappa shape index (κ1) is 28.6. The molecule has 7 aromatic carbocycles. The van der Waals surface area contributed by atoms with Crippen LogP contribution in [0, 0.1) is 0 Å². The highest BCUT2D eigenvalue weighted by Crippen LogP contribution is 2.54. The van der Waals surface area contributed by atoms with Gasteiger partial charge in [-0.15, -0.1) is 0 Å². The van der Waals surface area contributed by atoms with Crippen LogP contribution in [-0.4, -0.2) is 10.6 Å². The average molecular weight is 639 g/mol. The summed E-state index contributed by atoms with van der Waals surface area (Å²) in [5.41, 5.74) is 16.3. The quantitative estimate of drug-likeness (QED) is 0.182. The first-order valence-corrected chi connectivity index (χ1v) is 17.4. The number of aromatic nitrogens is 1. The molecule has 50 heavy (non-hydrogen) atoms. The maximum atomic E-state index is 2.56. The predicted molar refractivity (Wildman–Crippen MR) is 209 cm³/mol. The second-order valence-electron chi connectivity index (χ2n) is 13.3. The van der Waals surface area contributed by atoms with Gasteiger partial charge in [0.05, 0.1) is 22.9 Å². The molecule has 10 rings (SSSR count). The highest BCUT2D eigenvalue weighted by molar-refractivity contribution is 5.95. The molecular formula is C48H34N2. The lowest BCUT2D eigenvalue weighted by atomic mass is 9.82. The molecule has 0 radical (unpaired) electrons. The number of rotatable bonds is 5. The lowest BCUT2D eigenvalue weighted by Crippen LogP contribution is -2.30. The Morgan fingerprint density at radius 3 is 1.84 bits per heavy atom. The smallest absolute Gasteiger partial charge is 0.0637 e. The Labute approximate surface area is 292 Å². The normalized spacial score (nSPS) is 15.9. The maximum Gasteiger partial charge on any atom is 0.0637 e. The van der Waals surface area contributed by atoms with Gasteiger partial charge in [-0.1, -0.05) is 158 Å². The highest BCUT2D eigenvalue weighted by atomic mass is 15.2. The van der Waals surface area contributed by atoms with Crippen LogP contribution in [0.5, 0.6) is 0 Å². The number of anilines is 2. The summed E-state index contributed by atoms with van der Waals surface area (Å²) in [5, 5.41) is 1.31. The Balaban J connectivity index is 1.13. The van der Waals surface area contributed by atoms with Gasteiger partial charge < -0.3 is 9.47 Å². The summed E-state index contributed by atoms with van der Waals surface area (Å²) in [5.74, 6) is 0.190. The van der Waals surface area contributed by atoms with E-state index in [9.17, 15) is 0 Å². The van der Waals surface area contributed by atoms with Gasteiger partial charge in [-0.2, -0.15) is 0 Å². The fourth-order valence-corrected chi connectivity index (χ4v) is 8.37. The summed E-state index contributed by atoms with van der Waals surface area (Å²) in [7, 11) is 0. The van der Waals surface area contributed by atoms with Crippen LogP contribution in [0.15, 0.2) is 188 Å². The van der Waals surface area contributed by atoms with Crippen LogP contribution in [0.3, 0.4) is 0 Å². The first-order chi connectivity index (χ1) is 24.8. The van der Waals surface area contributed by atoms with Crippen LogP contribution >= 0.6 is 0 Å². The molecule has 236 valence electrons. The summed E-state index contributed by atoms with van der Waals surface area (Å²) in [4.78, 5) is 2.56.